The number of thiocarbonyl (C=S) groups is 1. The van der Waals surface area contributed by atoms with Crippen LogP contribution in [0.3, 0.4) is 0 Å². The zero-order chi connectivity index (χ0) is 24.0. The number of hydrogen-bond donors (Lipinski definition) is 2. The molecule has 35 heavy (non-hydrogen) atoms. The highest BCUT2D eigenvalue weighted by molar-refractivity contribution is 7.80. The molecular formula is C27H28N6OS. The number of piperazine rings is 1. The monoisotopic (exact) mass is 484 g/mol. The number of benzene rings is 2. The van der Waals surface area contributed by atoms with E-state index in [1.165, 1.54) is 5.69 Å². The molecule has 7 nitrogen and oxygen atoms in total. The summed E-state index contributed by atoms with van der Waals surface area (Å²) in [6.07, 6.45) is 0. The predicted octanol–water partition coefficient (Wildman–Crippen LogP) is 4.86. The second kappa shape index (κ2) is 10.6. The van der Waals surface area contributed by atoms with Gasteiger partial charge in [0.1, 0.15) is 17.3 Å². The van der Waals surface area contributed by atoms with Crippen LogP contribution in [0.15, 0.2) is 83.3 Å². The topological polar surface area (TPSA) is 69.5 Å². The van der Waals surface area contributed by atoms with E-state index in [-0.39, 0.29) is 0 Å². The molecule has 1 saturated heterocycles. The summed E-state index contributed by atoms with van der Waals surface area (Å²) in [6.45, 7) is 6.14. The standard InChI is InChI=1S/C27H28N6OS/c1-20-18-25(33-16-14-32(15-17-33)22-10-6-3-7-11-22)30-26(29-20)31-27(35)28-19-23-12-13-24(34-23)21-8-4-2-5-9-21/h2-13,18H,14-17,19H2,1H3,(H2,28,29,30,31,35). The molecule has 8 heteroatoms. The van der Waals surface area contributed by atoms with Gasteiger partial charge in [0.15, 0.2) is 5.11 Å². The van der Waals surface area contributed by atoms with Crippen LogP contribution < -0.4 is 20.4 Å². The number of anilines is 3. The SMILES string of the molecule is Cc1cc(N2CCN(c3ccccc3)CC2)nc(NC(=S)NCc2ccc(-c3ccccc3)o2)n1. The zero-order valence-electron chi connectivity index (χ0n) is 19.6. The second-order valence-corrected chi connectivity index (χ2v) is 8.85. The molecule has 1 aliphatic heterocycles. The van der Waals surface area contributed by atoms with E-state index in [1.807, 2.05) is 61.5 Å². The van der Waals surface area contributed by atoms with Crippen LogP contribution in [0.4, 0.5) is 17.5 Å². The lowest BCUT2D eigenvalue weighted by atomic mass is 10.2. The Labute approximate surface area is 210 Å². The zero-order valence-corrected chi connectivity index (χ0v) is 20.5. The van der Waals surface area contributed by atoms with E-state index in [9.17, 15) is 0 Å². The third-order valence-electron chi connectivity index (χ3n) is 5.93. The number of para-hydroxylation sites is 1. The minimum atomic E-state index is 0.452. The van der Waals surface area contributed by atoms with Crippen LogP contribution in [0.5, 0.6) is 0 Å². The fourth-order valence-electron chi connectivity index (χ4n) is 4.15. The molecule has 0 bridgehead atoms. The van der Waals surface area contributed by atoms with Crippen molar-refractivity contribution in [3.63, 3.8) is 0 Å². The summed E-state index contributed by atoms with van der Waals surface area (Å²) in [4.78, 5) is 13.9. The number of furan rings is 1. The van der Waals surface area contributed by atoms with Crippen LogP contribution >= 0.6 is 12.2 Å². The van der Waals surface area contributed by atoms with E-state index >= 15 is 0 Å². The number of nitrogens with one attached hydrogen (secondary N) is 2. The molecule has 1 fully saturated rings. The summed E-state index contributed by atoms with van der Waals surface area (Å²) in [6, 6.07) is 26.5. The van der Waals surface area contributed by atoms with Crippen molar-refractivity contribution in [2.45, 2.75) is 13.5 Å². The Balaban J connectivity index is 1.16. The first-order valence-electron chi connectivity index (χ1n) is 11.7. The fourth-order valence-corrected chi connectivity index (χ4v) is 4.31. The highest BCUT2D eigenvalue weighted by Crippen LogP contribution is 2.22. The van der Waals surface area contributed by atoms with E-state index < -0.39 is 0 Å². The Hall–Kier alpha value is -3.91. The fraction of sp³-hybridized carbons (Fsp3) is 0.222. The van der Waals surface area contributed by atoms with Crippen molar-refractivity contribution in [1.82, 2.24) is 15.3 Å². The summed E-state index contributed by atoms with van der Waals surface area (Å²) in [5.74, 6) is 3.04. The minimum absolute atomic E-state index is 0.452. The van der Waals surface area contributed by atoms with Crippen molar-refractivity contribution < 1.29 is 4.42 Å². The lowest BCUT2D eigenvalue weighted by Crippen LogP contribution is -2.47. The summed E-state index contributed by atoms with van der Waals surface area (Å²) in [5.41, 5.74) is 3.20. The number of nitrogens with zero attached hydrogens (tertiary/aromatic N) is 4. The Morgan fingerprint density at radius 3 is 2.31 bits per heavy atom. The van der Waals surface area contributed by atoms with Gasteiger partial charge in [-0.1, -0.05) is 48.5 Å². The first-order chi connectivity index (χ1) is 17.1. The first kappa shape index (κ1) is 22.9. The molecule has 4 aromatic rings. The second-order valence-electron chi connectivity index (χ2n) is 8.44. The first-order valence-corrected chi connectivity index (χ1v) is 12.1. The van der Waals surface area contributed by atoms with Gasteiger partial charge in [-0.05, 0) is 43.4 Å². The smallest absolute Gasteiger partial charge is 0.231 e. The largest absolute Gasteiger partial charge is 0.459 e. The molecule has 1 aliphatic rings. The summed E-state index contributed by atoms with van der Waals surface area (Å²) < 4.78 is 5.94. The van der Waals surface area contributed by atoms with Gasteiger partial charge < -0.3 is 24.9 Å². The third-order valence-corrected chi connectivity index (χ3v) is 6.18. The van der Waals surface area contributed by atoms with Gasteiger partial charge in [-0.2, -0.15) is 4.98 Å². The van der Waals surface area contributed by atoms with E-state index in [0.717, 1.165) is 54.8 Å². The lowest BCUT2D eigenvalue weighted by Gasteiger charge is -2.36. The van der Waals surface area contributed by atoms with Gasteiger partial charge in [-0.25, -0.2) is 4.98 Å². The van der Waals surface area contributed by atoms with E-state index in [2.05, 4.69) is 49.7 Å². The quantitative estimate of drug-likeness (QED) is 0.376. The number of aryl methyl sites for hydroxylation is 1. The summed E-state index contributed by atoms with van der Waals surface area (Å²) >= 11 is 5.48. The maximum absolute atomic E-state index is 5.94. The molecule has 2 aromatic carbocycles. The minimum Gasteiger partial charge on any atom is -0.459 e. The Morgan fingerprint density at radius 1 is 0.886 bits per heavy atom. The van der Waals surface area contributed by atoms with Gasteiger partial charge in [-0.15, -0.1) is 0 Å². The third kappa shape index (κ3) is 5.78. The molecule has 0 radical (unpaired) electrons. The normalized spacial score (nSPS) is 13.5. The van der Waals surface area contributed by atoms with Crippen LogP contribution in [-0.4, -0.2) is 41.3 Å². The molecule has 0 unspecified atom stereocenters. The Kier molecular flexibility index (Phi) is 6.90. The van der Waals surface area contributed by atoms with Crippen LogP contribution in [0.1, 0.15) is 11.5 Å². The highest BCUT2D eigenvalue weighted by atomic mass is 32.1. The van der Waals surface area contributed by atoms with Gasteiger partial charge in [0.2, 0.25) is 5.95 Å². The van der Waals surface area contributed by atoms with E-state index in [0.29, 0.717) is 17.6 Å². The summed E-state index contributed by atoms with van der Waals surface area (Å²) in [7, 11) is 0. The molecular weight excluding hydrogens is 456 g/mol. The molecule has 0 saturated carbocycles. The van der Waals surface area contributed by atoms with E-state index in [1.54, 1.807) is 0 Å². The van der Waals surface area contributed by atoms with Crippen LogP contribution in [-0.2, 0) is 6.54 Å². The van der Waals surface area contributed by atoms with Crippen molar-refractivity contribution in [1.29, 1.82) is 0 Å². The number of hydrogen-bond acceptors (Lipinski definition) is 6. The summed E-state index contributed by atoms with van der Waals surface area (Å²) in [5, 5.41) is 6.76. The number of aromatic nitrogens is 2. The van der Waals surface area contributed by atoms with Gasteiger partial charge >= 0.3 is 0 Å². The van der Waals surface area contributed by atoms with Crippen molar-refractivity contribution in [3.05, 3.63) is 90.3 Å². The van der Waals surface area contributed by atoms with Gasteiger partial charge in [0.05, 0.1) is 6.54 Å². The molecule has 5 rings (SSSR count). The predicted molar refractivity (Wildman–Crippen MR) is 145 cm³/mol. The molecule has 0 spiro atoms. The molecule has 2 N–H and O–H groups in total. The van der Waals surface area contributed by atoms with Gasteiger partial charge in [0.25, 0.3) is 0 Å². The van der Waals surface area contributed by atoms with Crippen LogP contribution in [0, 0.1) is 6.92 Å². The van der Waals surface area contributed by atoms with Crippen molar-refractivity contribution in [2.24, 2.45) is 0 Å². The molecule has 0 aliphatic carbocycles. The molecule has 178 valence electrons. The van der Waals surface area contributed by atoms with Gasteiger partial charge in [0, 0.05) is 49.2 Å². The highest BCUT2D eigenvalue weighted by Gasteiger charge is 2.19. The van der Waals surface area contributed by atoms with Crippen molar-refractivity contribution in [3.8, 4) is 11.3 Å². The average Bonchev–Trinajstić information content (AvgIpc) is 3.38. The molecule has 0 atom stereocenters. The molecule has 3 heterocycles. The van der Waals surface area contributed by atoms with Crippen LogP contribution in [0.25, 0.3) is 11.3 Å². The maximum atomic E-state index is 5.94. The van der Waals surface area contributed by atoms with Crippen molar-refractivity contribution >= 4 is 34.8 Å². The Bertz CT molecular complexity index is 1270. The van der Waals surface area contributed by atoms with Crippen LogP contribution in [0.2, 0.25) is 0 Å². The van der Waals surface area contributed by atoms with E-state index in [4.69, 9.17) is 21.6 Å². The number of rotatable bonds is 6. The maximum Gasteiger partial charge on any atom is 0.231 e. The molecule has 2 aromatic heterocycles. The van der Waals surface area contributed by atoms with Gasteiger partial charge in [-0.3, -0.25) is 0 Å². The van der Waals surface area contributed by atoms with Crippen molar-refractivity contribution in [2.75, 3.05) is 41.3 Å². The molecule has 0 amide bonds. The Morgan fingerprint density at radius 2 is 1.57 bits per heavy atom. The average molecular weight is 485 g/mol. The lowest BCUT2D eigenvalue weighted by molar-refractivity contribution is 0.516.